The fourth-order valence-corrected chi connectivity index (χ4v) is 3.07. The van der Waals surface area contributed by atoms with Crippen molar-refractivity contribution < 1.29 is 9.47 Å². The minimum atomic E-state index is 0.0199. The Morgan fingerprint density at radius 3 is 2.22 bits per heavy atom. The van der Waals surface area contributed by atoms with Crippen molar-refractivity contribution in [1.29, 1.82) is 0 Å². The van der Waals surface area contributed by atoms with Gasteiger partial charge in [0.05, 0.1) is 14.2 Å². The molecule has 1 fully saturated rings. The molecule has 2 rings (SSSR count). The highest BCUT2D eigenvalue weighted by Gasteiger charge is 2.49. The van der Waals surface area contributed by atoms with E-state index in [0.717, 1.165) is 24.0 Å². The topological polar surface area (TPSA) is 44.5 Å². The van der Waals surface area contributed by atoms with E-state index < -0.39 is 0 Å². The first-order valence-corrected chi connectivity index (χ1v) is 6.53. The molecule has 1 saturated carbocycles. The fraction of sp³-hybridized carbons (Fsp3) is 0.571. The Labute approximate surface area is 113 Å². The van der Waals surface area contributed by atoms with Gasteiger partial charge in [-0.25, -0.2) is 0 Å². The van der Waals surface area contributed by atoms with Gasteiger partial charge in [0.1, 0.15) is 16.5 Å². The largest absolute Gasteiger partial charge is 0.495 e. The number of ether oxygens (including phenoxy) is 2. The Morgan fingerprint density at radius 1 is 1.28 bits per heavy atom. The van der Waals surface area contributed by atoms with Gasteiger partial charge in [-0.3, -0.25) is 0 Å². The third-order valence-electron chi connectivity index (χ3n) is 3.97. The van der Waals surface area contributed by atoms with E-state index >= 15 is 0 Å². The van der Waals surface area contributed by atoms with Crippen LogP contribution < -0.4 is 15.2 Å². The quantitative estimate of drug-likeness (QED) is 0.914. The van der Waals surface area contributed by atoms with Crippen molar-refractivity contribution in [3.63, 3.8) is 0 Å². The molecule has 18 heavy (non-hydrogen) atoms. The summed E-state index contributed by atoms with van der Waals surface area (Å²) in [6.07, 6.45) is 2.17. The molecule has 0 aliphatic heterocycles. The van der Waals surface area contributed by atoms with E-state index in [2.05, 4.69) is 6.07 Å². The highest BCUT2D eigenvalue weighted by atomic mass is 35.5. The number of aryl methyl sites for hydroxylation is 1. The number of halogens is 1. The summed E-state index contributed by atoms with van der Waals surface area (Å²) in [4.78, 5) is 0. The SMILES string of the molecule is COc1c(C)cc(C2(C(C)N)CC2)c(OC)c1Cl. The van der Waals surface area contributed by atoms with Crippen LogP contribution in [0.2, 0.25) is 5.02 Å². The van der Waals surface area contributed by atoms with Crippen LogP contribution in [0.25, 0.3) is 0 Å². The van der Waals surface area contributed by atoms with Crippen LogP contribution in [-0.2, 0) is 5.41 Å². The molecule has 2 N–H and O–H groups in total. The molecule has 1 atom stereocenters. The maximum atomic E-state index is 6.37. The van der Waals surface area contributed by atoms with Gasteiger partial charge < -0.3 is 15.2 Å². The molecule has 1 unspecified atom stereocenters. The van der Waals surface area contributed by atoms with Crippen molar-refractivity contribution in [3.8, 4) is 11.5 Å². The zero-order chi connectivity index (χ0) is 13.5. The monoisotopic (exact) mass is 269 g/mol. The number of methoxy groups -OCH3 is 2. The van der Waals surface area contributed by atoms with Crippen LogP contribution in [0.5, 0.6) is 11.5 Å². The average molecular weight is 270 g/mol. The summed E-state index contributed by atoms with van der Waals surface area (Å²) in [5, 5.41) is 0.543. The lowest BCUT2D eigenvalue weighted by molar-refractivity contribution is 0.382. The Hall–Kier alpha value is -0.930. The number of hydrogen-bond acceptors (Lipinski definition) is 3. The van der Waals surface area contributed by atoms with Crippen LogP contribution >= 0.6 is 11.6 Å². The molecule has 100 valence electrons. The molecule has 0 saturated heterocycles. The first kappa shape index (κ1) is 13.5. The average Bonchev–Trinajstić information content (AvgIpc) is 3.10. The summed E-state index contributed by atoms with van der Waals surface area (Å²) in [5.74, 6) is 1.38. The third kappa shape index (κ3) is 1.86. The second-order valence-electron chi connectivity index (χ2n) is 5.07. The molecule has 3 nitrogen and oxygen atoms in total. The molecule has 0 amide bonds. The summed E-state index contributed by atoms with van der Waals surface area (Å²) in [6, 6.07) is 2.19. The molecule has 1 aliphatic carbocycles. The predicted molar refractivity (Wildman–Crippen MR) is 73.9 cm³/mol. The molecule has 0 radical (unpaired) electrons. The van der Waals surface area contributed by atoms with E-state index in [1.165, 1.54) is 0 Å². The number of rotatable bonds is 4. The Balaban J connectivity index is 2.62. The minimum absolute atomic E-state index is 0.0199. The van der Waals surface area contributed by atoms with Crippen LogP contribution in [0.4, 0.5) is 0 Å². The maximum Gasteiger partial charge on any atom is 0.145 e. The molecule has 4 heteroatoms. The van der Waals surface area contributed by atoms with E-state index in [4.69, 9.17) is 26.8 Å². The molecule has 1 aliphatic rings. The lowest BCUT2D eigenvalue weighted by Gasteiger charge is -2.25. The van der Waals surface area contributed by atoms with Crippen molar-refractivity contribution in [1.82, 2.24) is 0 Å². The number of benzene rings is 1. The normalized spacial score (nSPS) is 18.3. The number of nitrogens with two attached hydrogens (primary N) is 1. The van der Waals surface area contributed by atoms with Gasteiger partial charge in [-0.05, 0) is 38.3 Å². The molecule has 0 heterocycles. The standard InChI is InChI=1S/C14H20ClNO2/c1-8-7-10(14(5-6-14)9(2)16)13(18-4)11(15)12(8)17-3/h7,9H,5-6,16H2,1-4H3. The molecular formula is C14H20ClNO2. The van der Waals surface area contributed by atoms with E-state index in [9.17, 15) is 0 Å². The summed E-state index contributed by atoms with van der Waals surface area (Å²) < 4.78 is 10.8. The van der Waals surface area contributed by atoms with Gasteiger partial charge in [-0.15, -0.1) is 0 Å². The van der Waals surface area contributed by atoms with Gasteiger partial charge in [0, 0.05) is 17.0 Å². The number of hydrogen-bond donors (Lipinski definition) is 1. The second kappa shape index (κ2) is 4.63. The molecule has 0 spiro atoms. The van der Waals surface area contributed by atoms with Crippen LogP contribution in [0.15, 0.2) is 6.07 Å². The van der Waals surface area contributed by atoms with Gasteiger partial charge in [-0.2, -0.15) is 0 Å². The first-order valence-electron chi connectivity index (χ1n) is 6.15. The van der Waals surface area contributed by atoms with E-state index in [1.807, 2.05) is 13.8 Å². The highest BCUT2D eigenvalue weighted by molar-refractivity contribution is 6.33. The summed E-state index contributed by atoms with van der Waals surface area (Å²) in [7, 11) is 3.25. The smallest absolute Gasteiger partial charge is 0.145 e. The van der Waals surface area contributed by atoms with Crippen LogP contribution in [0.3, 0.4) is 0 Å². The van der Waals surface area contributed by atoms with E-state index in [1.54, 1.807) is 14.2 Å². The van der Waals surface area contributed by atoms with Crippen LogP contribution in [0, 0.1) is 6.92 Å². The zero-order valence-corrected chi connectivity index (χ0v) is 12.1. The minimum Gasteiger partial charge on any atom is -0.495 e. The molecular weight excluding hydrogens is 250 g/mol. The molecule has 0 aromatic heterocycles. The van der Waals surface area contributed by atoms with Gasteiger partial charge in [0.2, 0.25) is 0 Å². The lowest BCUT2D eigenvalue weighted by Crippen LogP contribution is -2.32. The van der Waals surface area contributed by atoms with Gasteiger partial charge in [0.15, 0.2) is 0 Å². The lowest BCUT2D eigenvalue weighted by atomic mass is 9.87. The predicted octanol–water partition coefficient (Wildman–Crippen LogP) is 3.04. The third-order valence-corrected chi connectivity index (χ3v) is 4.31. The molecule has 1 aromatic rings. The fourth-order valence-electron chi connectivity index (χ4n) is 2.67. The van der Waals surface area contributed by atoms with E-state index in [-0.39, 0.29) is 11.5 Å². The van der Waals surface area contributed by atoms with Crippen LogP contribution in [-0.4, -0.2) is 20.3 Å². The first-order chi connectivity index (χ1) is 8.47. The van der Waals surface area contributed by atoms with Crippen molar-refractivity contribution >= 4 is 11.6 Å². The van der Waals surface area contributed by atoms with Crippen LogP contribution in [0.1, 0.15) is 30.9 Å². The van der Waals surface area contributed by atoms with Crippen molar-refractivity contribution in [2.24, 2.45) is 5.73 Å². The van der Waals surface area contributed by atoms with Crippen molar-refractivity contribution in [2.75, 3.05) is 14.2 Å². The molecule has 0 bridgehead atoms. The Morgan fingerprint density at radius 2 is 1.83 bits per heavy atom. The van der Waals surface area contributed by atoms with Gasteiger partial charge >= 0.3 is 0 Å². The summed E-state index contributed by atoms with van der Waals surface area (Å²) in [6.45, 7) is 4.03. The van der Waals surface area contributed by atoms with Crippen molar-refractivity contribution in [2.45, 2.75) is 38.1 Å². The van der Waals surface area contributed by atoms with E-state index in [0.29, 0.717) is 16.5 Å². The Bertz CT molecular complexity index is 467. The Kier molecular flexibility index (Phi) is 3.47. The van der Waals surface area contributed by atoms with Crippen molar-refractivity contribution in [3.05, 3.63) is 22.2 Å². The second-order valence-corrected chi connectivity index (χ2v) is 5.44. The summed E-state index contributed by atoms with van der Waals surface area (Å²) in [5.41, 5.74) is 8.28. The zero-order valence-electron chi connectivity index (χ0n) is 11.3. The molecule has 1 aromatic carbocycles. The van der Waals surface area contributed by atoms with Gasteiger partial charge in [0.25, 0.3) is 0 Å². The summed E-state index contributed by atoms with van der Waals surface area (Å²) >= 11 is 6.37. The van der Waals surface area contributed by atoms with Gasteiger partial charge in [-0.1, -0.05) is 11.6 Å². The highest BCUT2D eigenvalue weighted by Crippen LogP contribution is 2.56. The maximum absolute atomic E-state index is 6.37.